The van der Waals surface area contributed by atoms with Crippen molar-refractivity contribution in [3.63, 3.8) is 0 Å². The Labute approximate surface area is 57.0 Å². The summed E-state index contributed by atoms with van der Waals surface area (Å²) in [6.45, 7) is 0. The summed E-state index contributed by atoms with van der Waals surface area (Å²) < 4.78 is 0.840. The number of rotatable bonds is 1. The Balaban J connectivity index is 3.00. The molecule has 0 bridgehead atoms. The predicted molar refractivity (Wildman–Crippen MR) is 42.8 cm³/mol. The van der Waals surface area contributed by atoms with Gasteiger partial charge in [-0.2, -0.15) is 0 Å². The first kappa shape index (κ1) is 7.59. The van der Waals surface area contributed by atoms with Crippen LogP contribution in [-0.2, 0) is 0 Å². The zero-order valence-electron chi connectivity index (χ0n) is 4.22. The highest BCUT2D eigenvalue weighted by Gasteiger charge is 1.86. The van der Waals surface area contributed by atoms with Crippen molar-refractivity contribution >= 4 is 38.1 Å². The number of hydrogen-bond donors (Lipinski definition) is 1. The van der Waals surface area contributed by atoms with E-state index in [1.54, 1.807) is 21.6 Å². The van der Waals surface area contributed by atoms with Crippen LogP contribution < -0.4 is 5.32 Å². The second kappa shape index (κ2) is 4.74. The van der Waals surface area contributed by atoms with Gasteiger partial charge in [0.15, 0.2) is 0 Å². The summed E-state index contributed by atoms with van der Waals surface area (Å²) in [5.74, 6) is 0. The third-order valence-electron chi connectivity index (χ3n) is 0.363. The van der Waals surface area contributed by atoms with Gasteiger partial charge in [0.2, 0.25) is 0 Å². The van der Waals surface area contributed by atoms with Gasteiger partial charge in [-0.25, -0.2) is 0 Å². The van der Waals surface area contributed by atoms with Gasteiger partial charge in [0.25, 0.3) is 0 Å². The molecule has 7 heavy (non-hydrogen) atoms. The summed E-state index contributed by atoms with van der Waals surface area (Å²) >= 11 is 4.79. The zero-order valence-corrected chi connectivity index (χ0v) is 6.67. The fraction of sp³-hybridized carbons (Fsp3) is 0.667. The Morgan fingerprint density at radius 3 is 2.43 bits per heavy atom. The molecule has 0 unspecified atom stereocenters. The van der Waals surface area contributed by atoms with Crippen LogP contribution in [0.5, 0.6) is 0 Å². The molecule has 0 amide bonds. The van der Waals surface area contributed by atoms with E-state index in [9.17, 15) is 0 Å². The van der Waals surface area contributed by atoms with Crippen LogP contribution in [0.1, 0.15) is 0 Å². The second-order valence-electron chi connectivity index (χ2n) is 0.787. The Kier molecular flexibility index (Phi) is 5.14. The highest BCUT2D eigenvalue weighted by Crippen LogP contribution is 2.16. The molecular formula is C3H7NS3. The fourth-order valence-corrected chi connectivity index (χ4v) is 1.67. The molecule has 0 rings (SSSR count). The van der Waals surface area contributed by atoms with Crippen LogP contribution >= 0.6 is 33.8 Å². The number of hydrogen-bond acceptors (Lipinski definition) is 3. The molecule has 0 aromatic carbocycles. The average molecular weight is 153 g/mol. The Morgan fingerprint density at radius 1 is 1.71 bits per heavy atom. The normalized spacial score (nSPS) is 8.29. The van der Waals surface area contributed by atoms with Crippen LogP contribution in [0.4, 0.5) is 0 Å². The maximum absolute atomic E-state index is 4.79. The highest BCUT2D eigenvalue weighted by molar-refractivity contribution is 8.83. The topological polar surface area (TPSA) is 12.0 Å². The van der Waals surface area contributed by atoms with Gasteiger partial charge in [0, 0.05) is 7.05 Å². The molecule has 4 heteroatoms. The van der Waals surface area contributed by atoms with E-state index in [1.165, 1.54) is 0 Å². The smallest absolute Gasteiger partial charge is 0.144 e. The van der Waals surface area contributed by atoms with E-state index in [0.717, 1.165) is 4.32 Å². The van der Waals surface area contributed by atoms with Crippen molar-refractivity contribution in [2.24, 2.45) is 0 Å². The Bertz CT molecular complexity index is 63.2. The first-order valence-electron chi connectivity index (χ1n) is 1.73. The summed E-state index contributed by atoms with van der Waals surface area (Å²) in [6, 6.07) is 0. The van der Waals surface area contributed by atoms with E-state index in [4.69, 9.17) is 12.2 Å². The molecule has 0 aromatic rings. The molecule has 0 aromatic heterocycles. The molecule has 0 aliphatic heterocycles. The van der Waals surface area contributed by atoms with Crippen LogP contribution in [0.25, 0.3) is 0 Å². The van der Waals surface area contributed by atoms with Gasteiger partial charge in [-0.05, 0) is 17.0 Å². The molecule has 0 saturated carbocycles. The third-order valence-corrected chi connectivity index (χ3v) is 2.66. The van der Waals surface area contributed by atoms with E-state index in [-0.39, 0.29) is 0 Å². The van der Waals surface area contributed by atoms with Gasteiger partial charge in [-0.3, -0.25) is 0 Å². The number of thiocarbonyl (C=S) groups is 1. The van der Waals surface area contributed by atoms with Gasteiger partial charge >= 0.3 is 0 Å². The quantitative estimate of drug-likeness (QED) is 0.452. The summed E-state index contributed by atoms with van der Waals surface area (Å²) in [4.78, 5) is 0. The zero-order chi connectivity index (χ0) is 5.70. The summed E-state index contributed by atoms with van der Waals surface area (Å²) in [6.07, 6.45) is 1.99. The van der Waals surface area contributed by atoms with Crippen molar-refractivity contribution < 1.29 is 0 Å². The van der Waals surface area contributed by atoms with Crippen LogP contribution in [-0.4, -0.2) is 17.6 Å². The molecule has 0 heterocycles. The maximum Gasteiger partial charge on any atom is 0.144 e. The summed E-state index contributed by atoms with van der Waals surface area (Å²) in [5, 5.41) is 2.84. The van der Waals surface area contributed by atoms with Gasteiger partial charge in [0.05, 0.1) is 0 Å². The first-order valence-corrected chi connectivity index (χ1v) is 4.70. The minimum atomic E-state index is 0.840. The van der Waals surface area contributed by atoms with Crippen LogP contribution in [0.3, 0.4) is 0 Å². The van der Waals surface area contributed by atoms with Crippen molar-refractivity contribution in [2.45, 2.75) is 0 Å². The lowest BCUT2D eigenvalue weighted by Crippen LogP contribution is -2.08. The molecular weight excluding hydrogens is 146 g/mol. The average Bonchev–Trinajstić information content (AvgIpc) is 1.68. The Morgan fingerprint density at radius 2 is 2.29 bits per heavy atom. The van der Waals surface area contributed by atoms with Crippen LogP contribution in [0, 0.1) is 0 Å². The van der Waals surface area contributed by atoms with Gasteiger partial charge in [-0.15, -0.1) is 0 Å². The van der Waals surface area contributed by atoms with Gasteiger partial charge < -0.3 is 5.32 Å². The summed E-state index contributed by atoms with van der Waals surface area (Å²) in [7, 11) is 5.04. The lowest BCUT2D eigenvalue weighted by Gasteiger charge is -1.94. The first-order chi connectivity index (χ1) is 3.31. The van der Waals surface area contributed by atoms with Crippen molar-refractivity contribution in [1.29, 1.82) is 0 Å². The fourth-order valence-electron chi connectivity index (χ4n) is 0.117. The van der Waals surface area contributed by atoms with Crippen molar-refractivity contribution in [2.75, 3.05) is 13.3 Å². The maximum atomic E-state index is 4.79. The minimum absolute atomic E-state index is 0.840. The number of nitrogens with one attached hydrogen (secondary N) is 1. The highest BCUT2D eigenvalue weighted by atomic mass is 33.1. The predicted octanol–water partition coefficient (Wildman–Crippen LogP) is 1.50. The van der Waals surface area contributed by atoms with Crippen LogP contribution in [0.2, 0.25) is 0 Å². The summed E-state index contributed by atoms with van der Waals surface area (Å²) in [5.41, 5.74) is 0. The van der Waals surface area contributed by atoms with E-state index in [2.05, 4.69) is 5.32 Å². The lowest BCUT2D eigenvalue weighted by molar-refractivity contribution is 1.23. The third kappa shape index (κ3) is 4.44. The molecule has 0 radical (unpaired) electrons. The van der Waals surface area contributed by atoms with E-state index >= 15 is 0 Å². The van der Waals surface area contributed by atoms with Crippen LogP contribution in [0.15, 0.2) is 0 Å². The van der Waals surface area contributed by atoms with Crippen molar-refractivity contribution in [3.05, 3.63) is 0 Å². The second-order valence-corrected chi connectivity index (χ2v) is 3.86. The lowest BCUT2D eigenvalue weighted by atomic mass is 11.2. The molecule has 0 atom stereocenters. The molecule has 1 nitrogen and oxygen atoms in total. The van der Waals surface area contributed by atoms with Crippen molar-refractivity contribution in [1.82, 2.24) is 5.32 Å². The SMILES string of the molecule is CNC(=S)SSC. The molecule has 0 saturated heterocycles. The molecule has 0 spiro atoms. The molecule has 0 aliphatic rings. The molecule has 1 N–H and O–H groups in total. The Hall–Kier alpha value is 0.590. The minimum Gasteiger partial charge on any atom is -0.373 e. The van der Waals surface area contributed by atoms with E-state index in [1.807, 2.05) is 13.3 Å². The monoisotopic (exact) mass is 153 g/mol. The molecule has 0 aliphatic carbocycles. The van der Waals surface area contributed by atoms with Crippen molar-refractivity contribution in [3.8, 4) is 0 Å². The molecule has 0 fully saturated rings. The van der Waals surface area contributed by atoms with E-state index in [0.29, 0.717) is 0 Å². The molecule has 42 valence electrons. The standard InChI is InChI=1S/C3H7NS3/c1-4-3(5)7-6-2/h1-2H3,(H,4,5). The van der Waals surface area contributed by atoms with Gasteiger partial charge in [-0.1, -0.05) is 23.0 Å². The largest absolute Gasteiger partial charge is 0.373 e. The van der Waals surface area contributed by atoms with E-state index < -0.39 is 0 Å². The van der Waals surface area contributed by atoms with Gasteiger partial charge in [0.1, 0.15) is 4.32 Å².